The molecule has 0 saturated carbocycles. The van der Waals surface area contributed by atoms with Crippen molar-refractivity contribution >= 4 is 44.7 Å². The van der Waals surface area contributed by atoms with Gasteiger partial charge in [-0.25, -0.2) is 9.97 Å². The zero-order chi connectivity index (χ0) is 26.3. The highest BCUT2D eigenvalue weighted by Gasteiger charge is 2.17. The maximum absolute atomic E-state index is 12.2. The number of thiophene rings is 1. The largest absolute Gasteiger partial charge is 0.494 e. The average molecular weight is 532 g/mol. The number of carbonyl (C=O) groups is 1. The molecule has 1 aliphatic rings. The minimum Gasteiger partial charge on any atom is -0.494 e. The summed E-state index contributed by atoms with van der Waals surface area (Å²) in [6.07, 6.45) is 2.93. The Balaban J connectivity index is 1.40. The Morgan fingerprint density at radius 1 is 1.18 bits per heavy atom. The molecule has 0 aliphatic carbocycles. The first kappa shape index (κ1) is 25.7. The van der Waals surface area contributed by atoms with Crippen molar-refractivity contribution in [1.82, 2.24) is 14.9 Å². The molecule has 0 bridgehead atoms. The molecule has 5 rings (SSSR count). The second-order valence-electron chi connectivity index (χ2n) is 8.58. The third kappa shape index (κ3) is 5.94. The maximum Gasteiger partial charge on any atom is 0.247 e. The fraction of sp³-hybridized carbons (Fsp3) is 0.250. The van der Waals surface area contributed by atoms with E-state index in [0.717, 1.165) is 49.5 Å². The number of nitrogens with zero attached hydrogens (tertiary/aromatic N) is 3. The predicted molar refractivity (Wildman–Crippen MR) is 151 cm³/mol. The Kier molecular flexibility index (Phi) is 8.12. The van der Waals surface area contributed by atoms with Gasteiger partial charge in [0, 0.05) is 52.9 Å². The molecular formula is C28H29N5O4S. The van der Waals surface area contributed by atoms with E-state index in [-0.39, 0.29) is 5.91 Å². The fourth-order valence-corrected chi connectivity index (χ4v) is 5.16. The Hall–Kier alpha value is -3.99. The van der Waals surface area contributed by atoms with Gasteiger partial charge in [-0.05, 0) is 24.3 Å². The Bertz CT molecular complexity index is 1430. The van der Waals surface area contributed by atoms with Crippen molar-refractivity contribution in [3.63, 3.8) is 0 Å². The van der Waals surface area contributed by atoms with Crippen LogP contribution >= 0.6 is 11.3 Å². The van der Waals surface area contributed by atoms with Gasteiger partial charge in [0.2, 0.25) is 11.9 Å². The molecule has 2 N–H and O–H groups in total. The first-order valence-corrected chi connectivity index (χ1v) is 13.2. The minimum absolute atomic E-state index is 0.346. The van der Waals surface area contributed by atoms with E-state index in [1.165, 1.54) is 10.8 Å². The van der Waals surface area contributed by atoms with E-state index in [9.17, 15) is 4.79 Å². The summed E-state index contributed by atoms with van der Waals surface area (Å²) in [4.78, 5) is 23.6. The van der Waals surface area contributed by atoms with Crippen molar-refractivity contribution in [2.24, 2.45) is 0 Å². The summed E-state index contributed by atoms with van der Waals surface area (Å²) in [6, 6.07) is 13.6. The van der Waals surface area contributed by atoms with Gasteiger partial charge < -0.3 is 24.8 Å². The van der Waals surface area contributed by atoms with Crippen LogP contribution in [0.3, 0.4) is 0 Å². The molecular weight excluding hydrogens is 502 g/mol. The number of methoxy groups -OCH3 is 1. The lowest BCUT2D eigenvalue weighted by molar-refractivity contribution is -0.111. The number of aromatic nitrogens is 2. The van der Waals surface area contributed by atoms with Crippen molar-refractivity contribution in [3.05, 3.63) is 66.7 Å². The van der Waals surface area contributed by atoms with Gasteiger partial charge in [0.1, 0.15) is 18.1 Å². The molecule has 0 unspecified atom stereocenters. The quantitative estimate of drug-likeness (QED) is 0.278. The van der Waals surface area contributed by atoms with Crippen LogP contribution in [-0.4, -0.2) is 67.3 Å². The van der Waals surface area contributed by atoms with Crippen LogP contribution in [0.4, 0.5) is 17.3 Å². The maximum atomic E-state index is 12.2. The molecule has 1 saturated heterocycles. The Morgan fingerprint density at radius 2 is 2.03 bits per heavy atom. The van der Waals surface area contributed by atoms with Gasteiger partial charge >= 0.3 is 0 Å². The number of fused-ring (bicyclic) bond motifs is 1. The lowest BCUT2D eigenvalue weighted by Gasteiger charge is -2.26. The number of nitrogens with one attached hydrogen (secondary N) is 2. The highest BCUT2D eigenvalue weighted by atomic mass is 32.1. The Morgan fingerprint density at radius 3 is 2.84 bits per heavy atom. The summed E-state index contributed by atoms with van der Waals surface area (Å²) in [5.74, 6) is 1.08. The SMILES string of the molecule is C=CC(=O)Nc1cc(Nc2nccc(-c3csc4ccccc34)n2)c(OC)cc1OCCN1CCOCC1. The van der Waals surface area contributed by atoms with Gasteiger partial charge in [-0.2, -0.15) is 0 Å². The standard InChI is InChI=1S/C28H29N5O4S/c1-3-27(34)30-23-16-22(24(35-2)17-25(23)37-15-12-33-10-13-36-14-11-33)32-28-29-9-8-21(31-28)20-18-38-26-7-5-4-6-19(20)26/h3-9,16-18H,1,10-15H2,2H3,(H,30,34)(H,29,31,32). The fourth-order valence-electron chi connectivity index (χ4n) is 4.20. The molecule has 10 heteroatoms. The molecule has 1 aliphatic heterocycles. The lowest BCUT2D eigenvalue weighted by atomic mass is 10.1. The highest BCUT2D eigenvalue weighted by Crippen LogP contribution is 2.38. The summed E-state index contributed by atoms with van der Waals surface area (Å²) < 4.78 is 18.3. The molecule has 4 aromatic rings. The molecule has 38 heavy (non-hydrogen) atoms. The number of morpholine rings is 1. The van der Waals surface area contributed by atoms with Gasteiger partial charge in [0.15, 0.2) is 0 Å². The number of amides is 1. The average Bonchev–Trinajstić information content (AvgIpc) is 3.39. The topological polar surface area (TPSA) is 97.8 Å². The normalized spacial score (nSPS) is 13.7. The minimum atomic E-state index is -0.346. The van der Waals surface area contributed by atoms with E-state index in [2.05, 4.69) is 44.6 Å². The zero-order valence-corrected chi connectivity index (χ0v) is 21.9. The van der Waals surface area contributed by atoms with E-state index < -0.39 is 0 Å². The number of ether oxygens (including phenoxy) is 3. The predicted octanol–water partition coefficient (Wildman–Crippen LogP) is 4.95. The summed E-state index contributed by atoms with van der Waals surface area (Å²) in [6.45, 7) is 7.95. The number of anilines is 3. The van der Waals surface area contributed by atoms with E-state index in [0.29, 0.717) is 35.4 Å². The van der Waals surface area contributed by atoms with Gasteiger partial charge in [-0.15, -0.1) is 11.3 Å². The summed E-state index contributed by atoms with van der Waals surface area (Å²) in [5, 5.41) is 9.32. The third-order valence-corrected chi connectivity index (χ3v) is 7.14. The third-order valence-electron chi connectivity index (χ3n) is 6.17. The molecule has 2 aromatic heterocycles. The number of hydrogen-bond acceptors (Lipinski definition) is 9. The lowest BCUT2D eigenvalue weighted by Crippen LogP contribution is -2.38. The summed E-state index contributed by atoms with van der Waals surface area (Å²) in [5.41, 5.74) is 2.92. The van der Waals surface area contributed by atoms with Crippen LogP contribution in [0, 0.1) is 0 Å². The van der Waals surface area contributed by atoms with Crippen LogP contribution in [0.1, 0.15) is 0 Å². The second kappa shape index (κ2) is 12.0. The molecule has 1 fully saturated rings. The molecule has 3 heterocycles. The van der Waals surface area contributed by atoms with Crippen molar-refractivity contribution in [2.45, 2.75) is 0 Å². The smallest absolute Gasteiger partial charge is 0.247 e. The number of benzene rings is 2. The van der Waals surface area contributed by atoms with Gasteiger partial charge in [-0.3, -0.25) is 9.69 Å². The van der Waals surface area contributed by atoms with Crippen LogP contribution in [0.2, 0.25) is 0 Å². The van der Waals surface area contributed by atoms with E-state index in [4.69, 9.17) is 19.2 Å². The van der Waals surface area contributed by atoms with E-state index in [1.807, 2.05) is 18.2 Å². The van der Waals surface area contributed by atoms with Crippen LogP contribution in [0.5, 0.6) is 11.5 Å². The first-order chi connectivity index (χ1) is 18.6. The van der Waals surface area contributed by atoms with Crippen LogP contribution in [0.15, 0.2) is 66.7 Å². The molecule has 1 amide bonds. The molecule has 2 aromatic carbocycles. The summed E-state index contributed by atoms with van der Waals surface area (Å²) >= 11 is 1.68. The van der Waals surface area contributed by atoms with Crippen molar-refractivity contribution in [3.8, 4) is 22.8 Å². The number of rotatable bonds is 10. The van der Waals surface area contributed by atoms with E-state index >= 15 is 0 Å². The second-order valence-corrected chi connectivity index (χ2v) is 9.49. The monoisotopic (exact) mass is 531 g/mol. The van der Waals surface area contributed by atoms with Crippen LogP contribution in [-0.2, 0) is 9.53 Å². The van der Waals surface area contributed by atoms with E-state index in [1.54, 1.807) is 36.8 Å². The number of carbonyl (C=O) groups excluding carboxylic acids is 1. The molecule has 0 atom stereocenters. The molecule has 196 valence electrons. The van der Waals surface area contributed by atoms with Gasteiger partial charge in [-0.1, -0.05) is 24.8 Å². The van der Waals surface area contributed by atoms with Crippen molar-refractivity contribution in [1.29, 1.82) is 0 Å². The van der Waals surface area contributed by atoms with Gasteiger partial charge in [0.05, 0.1) is 37.4 Å². The zero-order valence-electron chi connectivity index (χ0n) is 21.1. The molecule has 9 nitrogen and oxygen atoms in total. The highest BCUT2D eigenvalue weighted by molar-refractivity contribution is 7.17. The van der Waals surface area contributed by atoms with Crippen molar-refractivity contribution < 1.29 is 19.0 Å². The number of hydrogen-bond donors (Lipinski definition) is 2. The van der Waals surface area contributed by atoms with Crippen LogP contribution < -0.4 is 20.1 Å². The molecule has 0 spiro atoms. The van der Waals surface area contributed by atoms with Crippen LogP contribution in [0.25, 0.3) is 21.3 Å². The molecule has 0 radical (unpaired) electrons. The first-order valence-electron chi connectivity index (χ1n) is 12.3. The van der Waals surface area contributed by atoms with Crippen molar-refractivity contribution in [2.75, 3.05) is 57.2 Å². The summed E-state index contributed by atoms with van der Waals surface area (Å²) in [7, 11) is 1.58. The van der Waals surface area contributed by atoms with Gasteiger partial charge in [0.25, 0.3) is 0 Å². The Labute approximate surface area is 225 Å².